The van der Waals surface area contributed by atoms with Gasteiger partial charge in [-0.3, -0.25) is 4.98 Å². The van der Waals surface area contributed by atoms with Gasteiger partial charge in [-0.1, -0.05) is 27.5 Å². The number of aromatic nitrogens is 1. The van der Waals surface area contributed by atoms with Crippen molar-refractivity contribution in [2.45, 2.75) is 18.9 Å². The van der Waals surface area contributed by atoms with Gasteiger partial charge in [0.2, 0.25) is 0 Å². The molecule has 1 aromatic heterocycles. The number of nitrogens with zero attached hydrogens (tertiary/aromatic N) is 2. The minimum atomic E-state index is 0.355. The number of hydrogen-bond acceptors (Lipinski definition) is 3. The Bertz CT molecular complexity index is 605. The quantitative estimate of drug-likeness (QED) is 0.793. The van der Waals surface area contributed by atoms with Crippen LogP contribution in [-0.2, 0) is 0 Å². The molecule has 1 saturated heterocycles. The molecular weight excluding hydrogens is 352 g/mol. The van der Waals surface area contributed by atoms with E-state index in [-0.39, 0.29) is 0 Å². The summed E-state index contributed by atoms with van der Waals surface area (Å²) in [5, 5.41) is 0.702. The topological polar surface area (TPSA) is 25.4 Å². The van der Waals surface area contributed by atoms with Gasteiger partial charge < -0.3 is 9.64 Å². The van der Waals surface area contributed by atoms with Crippen molar-refractivity contribution in [2.24, 2.45) is 0 Å². The lowest BCUT2D eigenvalue weighted by molar-refractivity contribution is 0.288. The Hall–Kier alpha value is -1.26. The first-order valence-corrected chi connectivity index (χ1v) is 8.15. The van der Waals surface area contributed by atoms with Crippen molar-refractivity contribution >= 4 is 33.2 Å². The zero-order valence-corrected chi connectivity index (χ0v) is 13.8. The van der Waals surface area contributed by atoms with Crippen LogP contribution < -0.4 is 9.64 Å². The lowest BCUT2D eigenvalue weighted by Crippen LogP contribution is -2.34. The van der Waals surface area contributed by atoms with E-state index >= 15 is 0 Å². The maximum Gasteiger partial charge on any atom is 0.119 e. The molecule has 0 spiro atoms. The molecule has 1 aliphatic heterocycles. The Kier molecular flexibility index (Phi) is 4.66. The van der Waals surface area contributed by atoms with Crippen molar-refractivity contribution < 1.29 is 4.74 Å². The average molecular weight is 368 g/mol. The van der Waals surface area contributed by atoms with Gasteiger partial charge in [-0.15, -0.1) is 0 Å². The molecular formula is C16H16BrClN2O. The van der Waals surface area contributed by atoms with Crippen LogP contribution in [0.1, 0.15) is 12.8 Å². The Morgan fingerprint density at radius 2 is 2.10 bits per heavy atom. The van der Waals surface area contributed by atoms with E-state index in [4.69, 9.17) is 16.3 Å². The molecule has 1 aromatic carbocycles. The summed E-state index contributed by atoms with van der Waals surface area (Å²) in [7, 11) is 0. The first-order valence-electron chi connectivity index (χ1n) is 6.98. The first kappa shape index (κ1) is 14.7. The van der Waals surface area contributed by atoms with Crippen LogP contribution in [0, 0.1) is 0 Å². The standard InChI is InChI=1S/C16H16BrClN2O/c17-12-3-5-14(6-4-12)21-11-13-2-1-9-20(13)16-7-8-19-10-15(16)18/h3-8,10,13H,1-2,9,11H2/t13-/m0/s1. The number of ether oxygens (including phenoxy) is 1. The molecule has 3 nitrogen and oxygen atoms in total. The van der Waals surface area contributed by atoms with Crippen molar-refractivity contribution in [3.05, 3.63) is 52.2 Å². The molecule has 3 rings (SSSR count). The highest BCUT2D eigenvalue weighted by atomic mass is 79.9. The molecule has 5 heteroatoms. The third kappa shape index (κ3) is 3.50. The predicted molar refractivity (Wildman–Crippen MR) is 89.3 cm³/mol. The van der Waals surface area contributed by atoms with Crippen LogP contribution in [0.2, 0.25) is 5.02 Å². The highest BCUT2D eigenvalue weighted by molar-refractivity contribution is 9.10. The second-order valence-corrected chi connectivity index (χ2v) is 6.40. The third-order valence-electron chi connectivity index (χ3n) is 3.69. The van der Waals surface area contributed by atoms with Gasteiger partial charge in [0.1, 0.15) is 12.4 Å². The van der Waals surface area contributed by atoms with Crippen molar-refractivity contribution in [2.75, 3.05) is 18.1 Å². The molecule has 0 bridgehead atoms. The van der Waals surface area contributed by atoms with Gasteiger partial charge in [-0.2, -0.15) is 0 Å². The smallest absolute Gasteiger partial charge is 0.119 e. The fourth-order valence-corrected chi connectivity index (χ4v) is 3.14. The summed E-state index contributed by atoms with van der Waals surface area (Å²) in [6.45, 7) is 1.68. The molecule has 0 unspecified atom stereocenters. The van der Waals surface area contributed by atoms with Crippen LogP contribution in [0.3, 0.4) is 0 Å². The van der Waals surface area contributed by atoms with Crippen LogP contribution in [-0.4, -0.2) is 24.2 Å². The van der Waals surface area contributed by atoms with E-state index in [1.165, 1.54) is 0 Å². The predicted octanol–water partition coefficient (Wildman–Crippen LogP) is 4.55. The van der Waals surface area contributed by atoms with E-state index in [1.54, 1.807) is 12.4 Å². The molecule has 1 atom stereocenters. The van der Waals surface area contributed by atoms with Crippen LogP contribution in [0.25, 0.3) is 0 Å². The van der Waals surface area contributed by atoms with Crippen molar-refractivity contribution in [3.8, 4) is 5.75 Å². The zero-order valence-electron chi connectivity index (χ0n) is 11.5. The maximum atomic E-state index is 6.25. The second-order valence-electron chi connectivity index (χ2n) is 5.08. The number of anilines is 1. The third-order valence-corrected chi connectivity index (χ3v) is 4.51. The molecule has 21 heavy (non-hydrogen) atoms. The second kappa shape index (κ2) is 6.67. The number of benzene rings is 1. The van der Waals surface area contributed by atoms with E-state index in [0.29, 0.717) is 17.7 Å². The molecule has 0 radical (unpaired) electrons. The lowest BCUT2D eigenvalue weighted by atomic mass is 10.2. The normalized spacial score (nSPS) is 18.0. The summed E-state index contributed by atoms with van der Waals surface area (Å²) >= 11 is 9.68. The van der Waals surface area contributed by atoms with Crippen molar-refractivity contribution in [1.29, 1.82) is 0 Å². The van der Waals surface area contributed by atoms with Gasteiger partial charge in [0.15, 0.2) is 0 Å². The Balaban J connectivity index is 1.67. The molecule has 2 aromatic rings. The van der Waals surface area contributed by atoms with E-state index < -0.39 is 0 Å². The lowest BCUT2D eigenvalue weighted by Gasteiger charge is -2.27. The van der Waals surface area contributed by atoms with Gasteiger partial charge in [0, 0.05) is 23.4 Å². The average Bonchev–Trinajstić information content (AvgIpc) is 2.95. The summed E-state index contributed by atoms with van der Waals surface area (Å²) in [5.41, 5.74) is 1.05. The highest BCUT2D eigenvalue weighted by Crippen LogP contribution is 2.31. The number of hydrogen-bond donors (Lipinski definition) is 0. The van der Waals surface area contributed by atoms with E-state index in [2.05, 4.69) is 25.8 Å². The van der Waals surface area contributed by atoms with Crippen LogP contribution in [0.15, 0.2) is 47.2 Å². The van der Waals surface area contributed by atoms with Gasteiger partial charge in [0.25, 0.3) is 0 Å². The van der Waals surface area contributed by atoms with E-state index in [1.807, 2.05) is 30.3 Å². The van der Waals surface area contributed by atoms with Gasteiger partial charge in [-0.25, -0.2) is 0 Å². The molecule has 0 amide bonds. The monoisotopic (exact) mass is 366 g/mol. The zero-order chi connectivity index (χ0) is 14.7. The van der Waals surface area contributed by atoms with Crippen LogP contribution in [0.4, 0.5) is 5.69 Å². The number of rotatable bonds is 4. The van der Waals surface area contributed by atoms with Gasteiger partial charge in [-0.05, 0) is 43.2 Å². The maximum absolute atomic E-state index is 6.25. The number of pyridine rings is 1. The van der Waals surface area contributed by atoms with Crippen molar-refractivity contribution in [1.82, 2.24) is 4.98 Å². The summed E-state index contributed by atoms with van der Waals surface area (Å²) < 4.78 is 6.97. The minimum Gasteiger partial charge on any atom is -0.491 e. The van der Waals surface area contributed by atoms with Gasteiger partial charge >= 0.3 is 0 Å². The van der Waals surface area contributed by atoms with Gasteiger partial charge in [0.05, 0.1) is 16.8 Å². The fourth-order valence-electron chi connectivity index (χ4n) is 2.65. The van der Waals surface area contributed by atoms with Crippen LogP contribution >= 0.6 is 27.5 Å². The Labute approximate surface area is 138 Å². The molecule has 0 aliphatic carbocycles. The van der Waals surface area contributed by atoms with Crippen LogP contribution in [0.5, 0.6) is 5.75 Å². The van der Waals surface area contributed by atoms with Crippen molar-refractivity contribution in [3.63, 3.8) is 0 Å². The fraction of sp³-hybridized carbons (Fsp3) is 0.312. The molecule has 110 valence electrons. The minimum absolute atomic E-state index is 0.355. The molecule has 1 aliphatic rings. The number of halogens is 2. The largest absolute Gasteiger partial charge is 0.491 e. The highest BCUT2D eigenvalue weighted by Gasteiger charge is 2.26. The van der Waals surface area contributed by atoms with E-state index in [0.717, 1.165) is 35.3 Å². The van der Waals surface area contributed by atoms with E-state index in [9.17, 15) is 0 Å². The summed E-state index contributed by atoms with van der Waals surface area (Å²) in [6.07, 6.45) is 5.76. The Morgan fingerprint density at radius 3 is 2.86 bits per heavy atom. The summed E-state index contributed by atoms with van der Waals surface area (Å²) in [5.74, 6) is 0.894. The SMILES string of the molecule is Clc1cnccc1N1CCC[C@H]1COc1ccc(Br)cc1. The molecule has 1 fully saturated rings. The summed E-state index contributed by atoms with van der Waals surface area (Å²) in [6, 6.07) is 10.3. The molecule has 0 N–H and O–H groups in total. The molecule has 2 heterocycles. The Morgan fingerprint density at radius 1 is 1.29 bits per heavy atom. The summed E-state index contributed by atoms with van der Waals surface area (Å²) in [4.78, 5) is 6.37. The first-order chi connectivity index (χ1) is 10.2. The molecule has 0 saturated carbocycles.